The molecule has 2 aromatic rings. The smallest absolute Gasteiger partial charge is 0.327 e. The van der Waals surface area contributed by atoms with Gasteiger partial charge in [-0.3, -0.25) is 0 Å². The third kappa shape index (κ3) is 1.80. The number of carbonyl (C=O) groups excluding carboxylic acids is 1. The minimum absolute atomic E-state index is 0.191. The Morgan fingerprint density at radius 1 is 1.28 bits per heavy atom. The van der Waals surface area contributed by atoms with Gasteiger partial charge in [-0.1, -0.05) is 23.7 Å². The van der Waals surface area contributed by atoms with Gasteiger partial charge in [0.2, 0.25) is 0 Å². The number of benzene rings is 1. The Hall–Kier alpha value is -2.07. The number of nitrogens with zero attached hydrogens (tertiary/aromatic N) is 2. The van der Waals surface area contributed by atoms with Gasteiger partial charge < -0.3 is 5.32 Å². The van der Waals surface area contributed by atoms with Crippen molar-refractivity contribution in [2.75, 3.05) is 4.90 Å². The lowest BCUT2D eigenvalue weighted by atomic mass is 10.2. The van der Waals surface area contributed by atoms with E-state index in [1.165, 1.54) is 4.90 Å². The van der Waals surface area contributed by atoms with Gasteiger partial charge in [-0.25, -0.2) is 14.7 Å². The third-order valence-corrected chi connectivity index (χ3v) is 3.01. The van der Waals surface area contributed by atoms with Crippen LogP contribution in [0.25, 0.3) is 0 Å². The van der Waals surface area contributed by atoms with E-state index < -0.39 is 0 Å². The Labute approximate surface area is 109 Å². The summed E-state index contributed by atoms with van der Waals surface area (Å²) >= 11 is 5.96. The predicted molar refractivity (Wildman–Crippen MR) is 70.1 cm³/mol. The van der Waals surface area contributed by atoms with Crippen LogP contribution in [0.4, 0.5) is 16.3 Å². The van der Waals surface area contributed by atoms with Crippen LogP contribution in [0.3, 0.4) is 0 Å². The highest BCUT2D eigenvalue weighted by Crippen LogP contribution is 2.30. The van der Waals surface area contributed by atoms with Gasteiger partial charge >= 0.3 is 6.03 Å². The monoisotopic (exact) mass is 259 g/mol. The van der Waals surface area contributed by atoms with Crippen molar-refractivity contribution >= 4 is 29.1 Å². The van der Waals surface area contributed by atoms with Crippen molar-refractivity contribution in [1.29, 1.82) is 0 Å². The Bertz CT molecular complexity index is 615. The molecule has 5 heteroatoms. The second kappa shape index (κ2) is 4.31. The summed E-state index contributed by atoms with van der Waals surface area (Å²) in [5.41, 5.74) is 1.69. The molecule has 1 N–H and O–H groups in total. The fourth-order valence-electron chi connectivity index (χ4n) is 1.97. The van der Waals surface area contributed by atoms with Crippen LogP contribution < -0.4 is 10.2 Å². The molecule has 0 unspecified atom stereocenters. The van der Waals surface area contributed by atoms with Crippen molar-refractivity contribution < 1.29 is 4.79 Å². The molecule has 0 atom stereocenters. The molecule has 2 heterocycles. The molecular formula is C13H10ClN3O. The minimum atomic E-state index is -0.191. The quantitative estimate of drug-likeness (QED) is 0.855. The summed E-state index contributed by atoms with van der Waals surface area (Å²) in [7, 11) is 0. The number of halogens is 1. The molecule has 1 aromatic heterocycles. The van der Waals surface area contributed by atoms with Gasteiger partial charge in [0.05, 0.1) is 5.69 Å². The molecule has 1 aliphatic rings. The number of urea groups is 1. The van der Waals surface area contributed by atoms with Crippen LogP contribution >= 0.6 is 11.6 Å². The Morgan fingerprint density at radius 2 is 2.17 bits per heavy atom. The Kier molecular flexibility index (Phi) is 2.64. The van der Waals surface area contributed by atoms with Crippen molar-refractivity contribution in [3.63, 3.8) is 0 Å². The average Bonchev–Trinajstić information content (AvgIpc) is 2.38. The molecule has 0 radical (unpaired) electrons. The second-order valence-corrected chi connectivity index (χ2v) is 4.40. The molecule has 0 fully saturated rings. The molecule has 90 valence electrons. The molecule has 0 bridgehead atoms. The summed E-state index contributed by atoms with van der Waals surface area (Å²) in [5, 5.41) is 3.40. The summed E-state index contributed by atoms with van der Waals surface area (Å²) in [4.78, 5) is 17.8. The van der Waals surface area contributed by atoms with Crippen LogP contribution in [-0.2, 0) is 6.54 Å². The summed E-state index contributed by atoms with van der Waals surface area (Å²) in [6.45, 7) is 0.499. The predicted octanol–water partition coefficient (Wildman–Crippen LogP) is 3.10. The zero-order chi connectivity index (χ0) is 12.5. The largest absolute Gasteiger partial charge is 0.333 e. The average molecular weight is 260 g/mol. The van der Waals surface area contributed by atoms with Gasteiger partial charge in [0.25, 0.3) is 0 Å². The first-order chi connectivity index (χ1) is 8.75. The highest BCUT2D eigenvalue weighted by Gasteiger charge is 2.26. The maximum atomic E-state index is 12.0. The van der Waals surface area contributed by atoms with E-state index in [2.05, 4.69) is 10.3 Å². The van der Waals surface area contributed by atoms with Gasteiger partial charge in [0.15, 0.2) is 0 Å². The molecule has 1 aromatic carbocycles. The molecule has 4 nitrogen and oxygen atoms in total. The highest BCUT2D eigenvalue weighted by atomic mass is 35.5. The number of aromatic nitrogens is 1. The number of nitrogens with one attached hydrogen (secondary N) is 1. The first-order valence-electron chi connectivity index (χ1n) is 5.53. The van der Waals surface area contributed by atoms with Gasteiger partial charge in [-0.15, -0.1) is 0 Å². The Balaban J connectivity index is 2.13. The van der Waals surface area contributed by atoms with Crippen LogP contribution in [0.1, 0.15) is 5.56 Å². The lowest BCUT2D eigenvalue weighted by Gasteiger charge is -2.28. The number of anilines is 2. The molecule has 0 saturated carbocycles. The molecular weight excluding hydrogens is 250 g/mol. The van der Waals surface area contributed by atoms with E-state index in [0.29, 0.717) is 23.1 Å². The maximum Gasteiger partial charge on any atom is 0.327 e. The number of fused-ring (bicyclic) bond motifs is 1. The number of hydrogen-bond donors (Lipinski definition) is 1. The van der Waals surface area contributed by atoms with E-state index >= 15 is 0 Å². The third-order valence-electron chi connectivity index (χ3n) is 2.78. The van der Waals surface area contributed by atoms with Crippen molar-refractivity contribution in [3.05, 3.63) is 53.2 Å². The molecule has 2 amide bonds. The fourth-order valence-corrected chi connectivity index (χ4v) is 2.15. The highest BCUT2D eigenvalue weighted by molar-refractivity contribution is 6.31. The second-order valence-electron chi connectivity index (χ2n) is 3.96. The number of rotatable bonds is 1. The van der Waals surface area contributed by atoms with Crippen LogP contribution in [0.5, 0.6) is 0 Å². The first-order valence-corrected chi connectivity index (χ1v) is 5.91. The molecule has 18 heavy (non-hydrogen) atoms. The van der Waals surface area contributed by atoms with Crippen molar-refractivity contribution in [3.8, 4) is 0 Å². The molecule has 0 spiro atoms. The van der Waals surface area contributed by atoms with E-state index in [0.717, 1.165) is 5.56 Å². The number of amides is 2. The number of hydrogen-bond acceptors (Lipinski definition) is 2. The van der Waals surface area contributed by atoms with Crippen LogP contribution in [-0.4, -0.2) is 11.0 Å². The van der Waals surface area contributed by atoms with E-state index in [9.17, 15) is 4.79 Å². The fraction of sp³-hybridized carbons (Fsp3) is 0.0769. The van der Waals surface area contributed by atoms with Crippen molar-refractivity contribution in [1.82, 2.24) is 10.3 Å². The minimum Gasteiger partial charge on any atom is -0.333 e. The van der Waals surface area contributed by atoms with Crippen LogP contribution in [0, 0.1) is 0 Å². The SMILES string of the molecule is O=C1NCc2cccnc2N1c1cccc(Cl)c1. The van der Waals surface area contributed by atoms with Crippen molar-refractivity contribution in [2.24, 2.45) is 0 Å². The molecule has 3 rings (SSSR count). The van der Waals surface area contributed by atoms with Gasteiger partial charge in [-0.2, -0.15) is 0 Å². The first kappa shape index (κ1) is 11.0. The molecule has 0 saturated heterocycles. The normalized spacial score (nSPS) is 14.1. The Morgan fingerprint density at radius 3 is 3.00 bits per heavy atom. The van der Waals surface area contributed by atoms with E-state index in [1.807, 2.05) is 24.3 Å². The molecule has 1 aliphatic heterocycles. The van der Waals surface area contributed by atoms with E-state index in [-0.39, 0.29) is 6.03 Å². The van der Waals surface area contributed by atoms with Crippen LogP contribution in [0.15, 0.2) is 42.6 Å². The number of carbonyl (C=O) groups is 1. The summed E-state index contributed by atoms with van der Waals surface area (Å²) < 4.78 is 0. The molecule has 0 aliphatic carbocycles. The summed E-state index contributed by atoms with van der Waals surface area (Å²) in [6, 6.07) is 10.8. The van der Waals surface area contributed by atoms with Gasteiger partial charge in [0.1, 0.15) is 5.82 Å². The summed E-state index contributed by atoms with van der Waals surface area (Å²) in [5.74, 6) is 0.656. The zero-order valence-electron chi connectivity index (χ0n) is 9.43. The van der Waals surface area contributed by atoms with Gasteiger partial charge in [0, 0.05) is 23.3 Å². The standard InChI is InChI=1S/C13H10ClN3O/c14-10-4-1-5-11(7-10)17-12-9(3-2-6-15-12)8-16-13(17)18/h1-7H,8H2,(H,16,18). The topological polar surface area (TPSA) is 45.2 Å². The lowest BCUT2D eigenvalue weighted by Crippen LogP contribution is -2.41. The van der Waals surface area contributed by atoms with E-state index in [1.54, 1.807) is 18.3 Å². The number of pyridine rings is 1. The van der Waals surface area contributed by atoms with Gasteiger partial charge in [-0.05, 0) is 24.3 Å². The van der Waals surface area contributed by atoms with Crippen molar-refractivity contribution in [2.45, 2.75) is 6.54 Å². The van der Waals surface area contributed by atoms with Crippen LogP contribution in [0.2, 0.25) is 5.02 Å². The van der Waals surface area contributed by atoms with E-state index in [4.69, 9.17) is 11.6 Å². The lowest BCUT2D eigenvalue weighted by molar-refractivity contribution is 0.247. The summed E-state index contributed by atoms with van der Waals surface area (Å²) in [6.07, 6.45) is 1.68. The maximum absolute atomic E-state index is 12.0. The zero-order valence-corrected chi connectivity index (χ0v) is 10.2.